The Morgan fingerprint density at radius 2 is 0.700 bits per heavy atom. The lowest BCUT2D eigenvalue weighted by molar-refractivity contribution is 0.000711. The number of ether oxygens (including phenoxy) is 8. The molecule has 0 saturated carbocycles. The van der Waals surface area contributed by atoms with Crippen molar-refractivity contribution in [2.75, 3.05) is 92.5 Å². The maximum atomic E-state index is 5.46. The van der Waals surface area contributed by atoms with Gasteiger partial charge in [-0.1, -0.05) is 26.3 Å². The van der Waals surface area contributed by atoms with Crippen LogP contribution in [0.5, 0.6) is 0 Å². The largest absolute Gasteiger partial charge is 0.499 e. The molecule has 8 heteroatoms. The molecule has 0 fully saturated rings. The van der Waals surface area contributed by atoms with Crippen LogP contribution in [0.4, 0.5) is 0 Å². The third-order valence-electron chi connectivity index (χ3n) is 3.27. The van der Waals surface area contributed by atoms with Crippen LogP contribution in [-0.2, 0) is 37.9 Å². The molecule has 0 radical (unpaired) electrons. The van der Waals surface area contributed by atoms with Crippen LogP contribution in [0.25, 0.3) is 0 Å². The van der Waals surface area contributed by atoms with Gasteiger partial charge in [0.05, 0.1) is 91.8 Å². The van der Waals surface area contributed by atoms with Gasteiger partial charge in [-0.25, -0.2) is 0 Å². The summed E-state index contributed by atoms with van der Waals surface area (Å²) < 4.78 is 42.4. The van der Waals surface area contributed by atoms with E-state index in [0.29, 0.717) is 92.5 Å². The first kappa shape index (κ1) is 28.3. The van der Waals surface area contributed by atoms with Crippen molar-refractivity contribution in [3.8, 4) is 0 Å². The van der Waals surface area contributed by atoms with E-state index in [1.165, 1.54) is 12.5 Å². The van der Waals surface area contributed by atoms with Crippen LogP contribution in [0.1, 0.15) is 0 Å². The van der Waals surface area contributed by atoms with Gasteiger partial charge in [-0.3, -0.25) is 0 Å². The zero-order valence-corrected chi connectivity index (χ0v) is 18.1. The van der Waals surface area contributed by atoms with Crippen LogP contribution in [0, 0.1) is 0 Å². The topological polar surface area (TPSA) is 73.8 Å². The van der Waals surface area contributed by atoms with Gasteiger partial charge in [-0.15, -0.1) is 0 Å². The van der Waals surface area contributed by atoms with Gasteiger partial charge >= 0.3 is 0 Å². The predicted octanol–water partition coefficient (Wildman–Crippen LogP) is 2.52. The van der Waals surface area contributed by atoms with Crippen LogP contribution in [0.15, 0.2) is 50.0 Å². The molecule has 174 valence electrons. The van der Waals surface area contributed by atoms with Gasteiger partial charge in [-0.2, -0.15) is 0 Å². The molecule has 0 N–H and O–H groups in total. The van der Waals surface area contributed by atoms with E-state index in [-0.39, 0.29) is 0 Å². The summed E-state index contributed by atoms with van der Waals surface area (Å²) >= 11 is 0. The van der Waals surface area contributed by atoms with Crippen molar-refractivity contribution in [1.29, 1.82) is 0 Å². The second kappa shape index (κ2) is 23.6. The van der Waals surface area contributed by atoms with Crippen molar-refractivity contribution in [2.24, 2.45) is 0 Å². The molecular weight excluding hydrogens is 392 g/mol. The number of hydrogen-bond acceptors (Lipinski definition) is 8. The first-order chi connectivity index (χ1) is 14.7. The molecule has 0 aliphatic heterocycles. The highest BCUT2D eigenvalue weighted by Crippen LogP contribution is 1.95. The Labute approximate surface area is 181 Å². The Morgan fingerprint density at radius 1 is 0.433 bits per heavy atom. The van der Waals surface area contributed by atoms with E-state index >= 15 is 0 Å². The third kappa shape index (κ3) is 22.6. The molecule has 0 aliphatic carbocycles. The lowest BCUT2D eigenvalue weighted by Crippen LogP contribution is -2.14. The SMILES string of the molecule is C=COCCOCC(=C)COCCOCCOCCOCC(=C)COCCOC=C. The minimum absolute atomic E-state index is 0.443. The van der Waals surface area contributed by atoms with E-state index in [1.807, 2.05) is 0 Å². The lowest BCUT2D eigenvalue weighted by Gasteiger charge is -2.10. The molecule has 0 aromatic carbocycles. The van der Waals surface area contributed by atoms with E-state index in [0.717, 1.165) is 11.1 Å². The quantitative estimate of drug-likeness (QED) is 0.124. The Bertz CT molecular complexity index is 399. The van der Waals surface area contributed by atoms with Gasteiger partial charge in [0.25, 0.3) is 0 Å². The van der Waals surface area contributed by atoms with Crippen molar-refractivity contribution in [1.82, 2.24) is 0 Å². The summed E-state index contributed by atoms with van der Waals surface area (Å²) in [4.78, 5) is 0. The average molecular weight is 431 g/mol. The molecule has 30 heavy (non-hydrogen) atoms. The standard InChI is InChI=1S/C22H38O8/c1-5-23-7-13-27-17-21(3)19-29-15-11-25-9-10-26-12-16-30-20-22(4)18-28-14-8-24-6-2/h5-6H,1-4,7-20H2. The Morgan fingerprint density at radius 3 is 1.00 bits per heavy atom. The van der Waals surface area contributed by atoms with Crippen LogP contribution < -0.4 is 0 Å². The Kier molecular flexibility index (Phi) is 22.3. The maximum Gasteiger partial charge on any atom is 0.111 e. The van der Waals surface area contributed by atoms with E-state index in [2.05, 4.69) is 26.3 Å². The Hall–Kier alpha value is -1.68. The minimum Gasteiger partial charge on any atom is -0.499 e. The van der Waals surface area contributed by atoms with E-state index in [1.54, 1.807) is 0 Å². The summed E-state index contributed by atoms with van der Waals surface area (Å²) in [5, 5.41) is 0. The zero-order valence-electron chi connectivity index (χ0n) is 18.1. The molecule has 0 aromatic heterocycles. The first-order valence-corrected chi connectivity index (χ1v) is 9.95. The van der Waals surface area contributed by atoms with Gasteiger partial charge in [-0.05, 0) is 11.1 Å². The van der Waals surface area contributed by atoms with Crippen molar-refractivity contribution in [3.63, 3.8) is 0 Å². The van der Waals surface area contributed by atoms with Crippen molar-refractivity contribution in [3.05, 3.63) is 50.0 Å². The van der Waals surface area contributed by atoms with Crippen molar-refractivity contribution >= 4 is 0 Å². The summed E-state index contributed by atoms with van der Waals surface area (Å²) in [6.07, 6.45) is 2.78. The summed E-state index contributed by atoms with van der Waals surface area (Å²) in [6.45, 7) is 21.4. The fourth-order valence-corrected chi connectivity index (χ4v) is 1.89. The molecule has 0 unspecified atom stereocenters. The monoisotopic (exact) mass is 430 g/mol. The van der Waals surface area contributed by atoms with Gasteiger partial charge in [0, 0.05) is 0 Å². The molecule has 0 saturated heterocycles. The Balaban J connectivity index is 3.22. The van der Waals surface area contributed by atoms with E-state index in [4.69, 9.17) is 37.9 Å². The molecule has 0 heterocycles. The molecule has 0 amide bonds. The van der Waals surface area contributed by atoms with Crippen LogP contribution in [0.3, 0.4) is 0 Å². The van der Waals surface area contributed by atoms with Gasteiger partial charge in [0.15, 0.2) is 0 Å². The first-order valence-electron chi connectivity index (χ1n) is 9.95. The second-order valence-corrected chi connectivity index (χ2v) is 6.01. The minimum atomic E-state index is 0.443. The molecular formula is C22H38O8. The second-order valence-electron chi connectivity index (χ2n) is 6.01. The summed E-state index contributed by atoms with van der Waals surface area (Å²) in [6, 6.07) is 0. The summed E-state index contributed by atoms with van der Waals surface area (Å²) in [5.74, 6) is 0. The normalized spacial score (nSPS) is 10.5. The molecule has 8 nitrogen and oxygen atoms in total. The third-order valence-corrected chi connectivity index (χ3v) is 3.27. The maximum absolute atomic E-state index is 5.46. The van der Waals surface area contributed by atoms with Gasteiger partial charge in [0.2, 0.25) is 0 Å². The molecule has 0 aromatic rings. The lowest BCUT2D eigenvalue weighted by atomic mass is 10.3. The van der Waals surface area contributed by atoms with Crippen molar-refractivity contribution in [2.45, 2.75) is 0 Å². The fourth-order valence-electron chi connectivity index (χ4n) is 1.89. The molecule has 0 atom stereocenters. The molecule has 0 bridgehead atoms. The van der Waals surface area contributed by atoms with Crippen LogP contribution >= 0.6 is 0 Å². The number of rotatable bonds is 25. The fraction of sp³-hybridized carbons (Fsp3) is 0.636. The average Bonchev–Trinajstić information content (AvgIpc) is 2.74. The highest BCUT2D eigenvalue weighted by Gasteiger charge is 1.98. The van der Waals surface area contributed by atoms with Crippen LogP contribution in [-0.4, -0.2) is 92.5 Å². The predicted molar refractivity (Wildman–Crippen MR) is 115 cm³/mol. The highest BCUT2D eigenvalue weighted by molar-refractivity contribution is 4.94. The highest BCUT2D eigenvalue weighted by atomic mass is 16.6. The summed E-state index contributed by atoms with van der Waals surface area (Å²) in [7, 11) is 0. The molecule has 0 aliphatic rings. The molecule has 0 spiro atoms. The van der Waals surface area contributed by atoms with Crippen LogP contribution in [0.2, 0.25) is 0 Å². The van der Waals surface area contributed by atoms with Gasteiger partial charge < -0.3 is 37.9 Å². The van der Waals surface area contributed by atoms with Crippen molar-refractivity contribution < 1.29 is 37.9 Å². The van der Waals surface area contributed by atoms with Gasteiger partial charge in [0.1, 0.15) is 13.2 Å². The summed E-state index contributed by atoms with van der Waals surface area (Å²) in [5.41, 5.74) is 1.74. The zero-order chi connectivity index (χ0) is 22.1. The number of hydrogen-bond donors (Lipinski definition) is 0. The van der Waals surface area contributed by atoms with E-state index < -0.39 is 0 Å². The van der Waals surface area contributed by atoms with E-state index in [9.17, 15) is 0 Å². The smallest absolute Gasteiger partial charge is 0.111 e. The molecule has 0 rings (SSSR count).